The van der Waals surface area contributed by atoms with E-state index in [-0.39, 0.29) is 5.82 Å². The van der Waals surface area contributed by atoms with Crippen molar-refractivity contribution < 1.29 is 9.13 Å². The van der Waals surface area contributed by atoms with Crippen LogP contribution in [0, 0.1) is 11.7 Å². The lowest BCUT2D eigenvalue weighted by atomic mass is 10.1. The highest BCUT2D eigenvalue weighted by Gasteiger charge is 2.12. The molecule has 2 rings (SSSR count). The molecule has 102 valence electrons. The Kier molecular flexibility index (Phi) is 4.24. The van der Waals surface area contributed by atoms with Gasteiger partial charge in [0.2, 0.25) is 0 Å². The lowest BCUT2D eigenvalue weighted by Crippen LogP contribution is -2.06. The van der Waals surface area contributed by atoms with E-state index in [0.717, 1.165) is 16.7 Å². The van der Waals surface area contributed by atoms with Crippen molar-refractivity contribution in [3.05, 3.63) is 40.4 Å². The Hall–Kier alpha value is -1.36. The van der Waals surface area contributed by atoms with Crippen molar-refractivity contribution >= 4 is 15.9 Å². The van der Waals surface area contributed by atoms with Gasteiger partial charge in [0.1, 0.15) is 16.2 Å². The summed E-state index contributed by atoms with van der Waals surface area (Å²) in [6.07, 6.45) is 0.872. The van der Waals surface area contributed by atoms with Crippen LogP contribution in [-0.2, 0) is 6.42 Å². The summed E-state index contributed by atoms with van der Waals surface area (Å²) in [7, 11) is 1.52. The molecule has 2 aromatic rings. The van der Waals surface area contributed by atoms with Crippen molar-refractivity contribution in [3.63, 3.8) is 0 Å². The second kappa shape index (κ2) is 5.74. The summed E-state index contributed by atoms with van der Waals surface area (Å²) in [6, 6.07) is 6.53. The van der Waals surface area contributed by atoms with Crippen LogP contribution in [0.2, 0.25) is 0 Å². The van der Waals surface area contributed by atoms with Crippen molar-refractivity contribution in [3.8, 4) is 11.4 Å². The van der Waals surface area contributed by atoms with Crippen molar-refractivity contribution in [1.29, 1.82) is 0 Å². The van der Waals surface area contributed by atoms with Gasteiger partial charge in [0, 0.05) is 17.8 Å². The highest BCUT2D eigenvalue weighted by molar-refractivity contribution is 9.10. The molecular weight excluding hydrogens is 311 g/mol. The molecule has 0 aliphatic heterocycles. The number of hydrogen-bond donors (Lipinski definition) is 0. The standard InChI is InChI=1S/C14H16BrFN2O/c1-9(2)4-11-8-14(15)17-18(11)12-5-10(16)6-13(7-12)19-3/h5-9H,4H2,1-3H3. The minimum atomic E-state index is -0.337. The molecule has 0 saturated heterocycles. The number of hydrogen-bond acceptors (Lipinski definition) is 2. The molecule has 0 aliphatic rings. The Bertz CT molecular complexity index is 581. The molecule has 3 nitrogen and oxygen atoms in total. The maximum atomic E-state index is 13.6. The Morgan fingerprint density at radius 3 is 2.68 bits per heavy atom. The van der Waals surface area contributed by atoms with E-state index < -0.39 is 0 Å². The highest BCUT2D eigenvalue weighted by Crippen LogP contribution is 2.23. The van der Waals surface area contributed by atoms with Gasteiger partial charge >= 0.3 is 0 Å². The number of ether oxygens (including phenoxy) is 1. The van der Waals surface area contributed by atoms with Gasteiger partial charge in [0.05, 0.1) is 12.8 Å². The smallest absolute Gasteiger partial charge is 0.129 e. The number of methoxy groups -OCH3 is 1. The molecule has 1 aromatic carbocycles. The zero-order valence-corrected chi connectivity index (χ0v) is 12.7. The van der Waals surface area contributed by atoms with E-state index in [1.165, 1.54) is 19.2 Å². The Labute approximate surface area is 120 Å². The Morgan fingerprint density at radius 2 is 2.05 bits per heavy atom. The molecule has 0 unspecified atom stereocenters. The van der Waals surface area contributed by atoms with E-state index in [1.54, 1.807) is 10.7 Å². The molecule has 0 fully saturated rings. The minimum absolute atomic E-state index is 0.337. The summed E-state index contributed by atoms with van der Waals surface area (Å²) in [5.74, 6) is 0.645. The highest BCUT2D eigenvalue weighted by atomic mass is 79.9. The molecule has 5 heteroatoms. The quantitative estimate of drug-likeness (QED) is 0.849. The summed E-state index contributed by atoms with van der Waals surface area (Å²) in [4.78, 5) is 0. The van der Waals surface area contributed by atoms with E-state index in [2.05, 4.69) is 34.9 Å². The van der Waals surface area contributed by atoms with Crippen molar-refractivity contribution in [1.82, 2.24) is 9.78 Å². The van der Waals surface area contributed by atoms with Crippen molar-refractivity contribution in [2.45, 2.75) is 20.3 Å². The monoisotopic (exact) mass is 326 g/mol. The molecule has 0 atom stereocenters. The lowest BCUT2D eigenvalue weighted by molar-refractivity contribution is 0.411. The molecule has 0 saturated carbocycles. The third-order valence-electron chi connectivity index (χ3n) is 2.71. The molecule has 1 heterocycles. The molecule has 0 amide bonds. The molecule has 0 aliphatic carbocycles. The minimum Gasteiger partial charge on any atom is -0.497 e. The van der Waals surface area contributed by atoms with E-state index in [9.17, 15) is 4.39 Å². The first-order valence-electron chi connectivity index (χ1n) is 6.09. The molecule has 0 N–H and O–H groups in total. The molecular formula is C14H16BrFN2O. The lowest BCUT2D eigenvalue weighted by Gasteiger charge is -2.10. The average molecular weight is 327 g/mol. The van der Waals surface area contributed by atoms with Gasteiger partial charge in [-0.3, -0.25) is 0 Å². The fourth-order valence-electron chi connectivity index (χ4n) is 1.96. The zero-order valence-electron chi connectivity index (χ0n) is 11.2. The van der Waals surface area contributed by atoms with Crippen LogP contribution in [0.4, 0.5) is 4.39 Å². The van der Waals surface area contributed by atoms with Gasteiger partial charge in [0.25, 0.3) is 0 Å². The van der Waals surface area contributed by atoms with Gasteiger partial charge in [-0.1, -0.05) is 13.8 Å². The van der Waals surface area contributed by atoms with Gasteiger partial charge < -0.3 is 4.74 Å². The molecule has 0 radical (unpaired) electrons. The second-order valence-electron chi connectivity index (χ2n) is 4.82. The molecule has 1 aromatic heterocycles. The fourth-order valence-corrected chi connectivity index (χ4v) is 2.39. The van der Waals surface area contributed by atoms with Crippen LogP contribution in [0.5, 0.6) is 5.75 Å². The van der Waals surface area contributed by atoms with Crippen LogP contribution in [0.15, 0.2) is 28.9 Å². The van der Waals surface area contributed by atoms with E-state index >= 15 is 0 Å². The largest absolute Gasteiger partial charge is 0.497 e. The third-order valence-corrected chi connectivity index (χ3v) is 3.09. The fraction of sp³-hybridized carbons (Fsp3) is 0.357. The van der Waals surface area contributed by atoms with Crippen LogP contribution < -0.4 is 4.74 Å². The summed E-state index contributed by atoms with van der Waals surface area (Å²) >= 11 is 3.37. The Morgan fingerprint density at radius 1 is 1.32 bits per heavy atom. The molecule has 0 spiro atoms. The number of aromatic nitrogens is 2. The SMILES string of the molecule is COc1cc(F)cc(-n2nc(Br)cc2CC(C)C)c1. The molecule has 0 bridgehead atoms. The first kappa shape index (κ1) is 14.1. The number of nitrogens with zero attached hydrogens (tertiary/aromatic N) is 2. The van der Waals surface area contributed by atoms with Crippen LogP contribution in [-0.4, -0.2) is 16.9 Å². The van der Waals surface area contributed by atoms with Crippen molar-refractivity contribution in [2.24, 2.45) is 5.92 Å². The Balaban J connectivity index is 2.48. The number of rotatable bonds is 4. The summed E-state index contributed by atoms with van der Waals surface area (Å²) in [5, 5.41) is 4.36. The topological polar surface area (TPSA) is 27.1 Å². The molecule has 19 heavy (non-hydrogen) atoms. The summed E-state index contributed by atoms with van der Waals surface area (Å²) in [5.41, 5.74) is 1.70. The summed E-state index contributed by atoms with van der Waals surface area (Å²) < 4.78 is 21.1. The average Bonchev–Trinajstić information content (AvgIpc) is 2.68. The van der Waals surface area contributed by atoms with Crippen molar-refractivity contribution in [2.75, 3.05) is 7.11 Å². The van der Waals surface area contributed by atoms with Gasteiger partial charge in [-0.15, -0.1) is 0 Å². The van der Waals surface area contributed by atoms with Gasteiger partial charge in [0.15, 0.2) is 0 Å². The normalized spacial score (nSPS) is 11.1. The van der Waals surface area contributed by atoms with Gasteiger partial charge in [-0.05, 0) is 40.4 Å². The first-order chi connectivity index (χ1) is 8.99. The van der Waals surface area contributed by atoms with Crippen LogP contribution in [0.3, 0.4) is 0 Å². The van der Waals surface area contributed by atoms with Gasteiger partial charge in [-0.2, -0.15) is 5.10 Å². The van der Waals surface area contributed by atoms with E-state index in [4.69, 9.17) is 4.74 Å². The van der Waals surface area contributed by atoms with E-state index in [1.807, 2.05) is 6.07 Å². The zero-order chi connectivity index (χ0) is 14.0. The van der Waals surface area contributed by atoms with E-state index in [0.29, 0.717) is 17.4 Å². The first-order valence-corrected chi connectivity index (χ1v) is 6.88. The van der Waals surface area contributed by atoms with Crippen LogP contribution in [0.25, 0.3) is 5.69 Å². The second-order valence-corrected chi connectivity index (χ2v) is 5.63. The summed E-state index contributed by atoms with van der Waals surface area (Å²) in [6.45, 7) is 4.27. The predicted octanol–water partition coefficient (Wildman–Crippen LogP) is 3.98. The van der Waals surface area contributed by atoms with Crippen LogP contribution >= 0.6 is 15.9 Å². The number of benzene rings is 1. The maximum absolute atomic E-state index is 13.6. The maximum Gasteiger partial charge on any atom is 0.129 e. The number of halogens is 2. The third kappa shape index (κ3) is 3.35. The van der Waals surface area contributed by atoms with Crippen LogP contribution in [0.1, 0.15) is 19.5 Å². The predicted molar refractivity (Wildman–Crippen MR) is 76.3 cm³/mol. The van der Waals surface area contributed by atoms with Gasteiger partial charge in [-0.25, -0.2) is 9.07 Å².